The highest BCUT2D eigenvalue weighted by Gasteiger charge is 2.41. The lowest BCUT2D eigenvalue weighted by Crippen LogP contribution is -2.43. The Kier molecular flexibility index (Phi) is 6.35. The maximum absolute atomic E-state index is 14.9. The molecule has 5 rings (SSSR count). The summed E-state index contributed by atoms with van der Waals surface area (Å²) in [5, 5.41) is 15.7. The van der Waals surface area contributed by atoms with Gasteiger partial charge in [0.05, 0.1) is 30.0 Å². The van der Waals surface area contributed by atoms with E-state index in [1.807, 2.05) is 0 Å². The third-order valence-electron chi connectivity index (χ3n) is 6.34. The van der Waals surface area contributed by atoms with Gasteiger partial charge in [0.15, 0.2) is 0 Å². The summed E-state index contributed by atoms with van der Waals surface area (Å²) in [7, 11) is 0. The molecule has 0 aliphatic heterocycles. The number of halogens is 5. The van der Waals surface area contributed by atoms with E-state index in [0.29, 0.717) is 6.07 Å². The van der Waals surface area contributed by atoms with E-state index in [1.54, 1.807) is 0 Å². The lowest BCUT2D eigenvalue weighted by molar-refractivity contribution is -0.137. The van der Waals surface area contributed by atoms with Crippen LogP contribution < -0.4 is 5.56 Å². The molecule has 1 N–H and O–H groups in total. The Morgan fingerprint density at radius 3 is 2.50 bits per heavy atom. The van der Waals surface area contributed by atoms with Crippen LogP contribution in [0.4, 0.5) is 22.0 Å². The van der Waals surface area contributed by atoms with Crippen molar-refractivity contribution in [1.82, 2.24) is 24.3 Å². The zero-order valence-corrected chi connectivity index (χ0v) is 20.3. The highest BCUT2D eigenvalue weighted by atomic mass is 32.1. The van der Waals surface area contributed by atoms with Gasteiger partial charge in [-0.3, -0.25) is 9.36 Å². The lowest BCUT2D eigenvalue weighted by Gasteiger charge is -2.35. The van der Waals surface area contributed by atoms with Crippen molar-refractivity contribution in [3.63, 3.8) is 0 Å². The van der Waals surface area contributed by atoms with Crippen molar-refractivity contribution in [3.8, 4) is 10.4 Å². The molecule has 0 aliphatic rings. The molecule has 7 nitrogen and oxygen atoms in total. The van der Waals surface area contributed by atoms with Gasteiger partial charge in [-0.1, -0.05) is 24.3 Å². The summed E-state index contributed by atoms with van der Waals surface area (Å²) in [6.07, 6.45) is -0.980. The average Bonchev–Trinajstić information content (AvgIpc) is 3.53. The maximum Gasteiger partial charge on any atom is 0.417 e. The molecule has 0 aliphatic carbocycles. The molecule has 0 fully saturated rings. The summed E-state index contributed by atoms with van der Waals surface area (Å²) in [6, 6.07) is 7.88. The summed E-state index contributed by atoms with van der Waals surface area (Å²) in [5.74, 6) is -1.89. The first-order valence-corrected chi connectivity index (χ1v) is 12.0. The first kappa shape index (κ1) is 25.7. The van der Waals surface area contributed by atoms with Gasteiger partial charge in [-0.15, -0.1) is 11.3 Å². The van der Waals surface area contributed by atoms with E-state index in [0.717, 1.165) is 40.4 Å². The zero-order chi connectivity index (χ0) is 27.2. The Morgan fingerprint density at radius 1 is 1.05 bits per heavy atom. The number of hydrogen-bond acceptors (Lipinski definition) is 6. The van der Waals surface area contributed by atoms with Gasteiger partial charge in [0.1, 0.15) is 34.6 Å². The fourth-order valence-electron chi connectivity index (χ4n) is 4.35. The van der Waals surface area contributed by atoms with Crippen LogP contribution in [0.3, 0.4) is 0 Å². The summed E-state index contributed by atoms with van der Waals surface area (Å²) < 4.78 is 71.6. The van der Waals surface area contributed by atoms with Crippen molar-refractivity contribution in [2.75, 3.05) is 0 Å². The molecule has 0 saturated carbocycles. The molecule has 2 unspecified atom stereocenters. The van der Waals surface area contributed by atoms with Crippen molar-refractivity contribution < 1.29 is 27.1 Å². The third kappa shape index (κ3) is 4.47. The number of aliphatic hydroxyl groups is 1. The van der Waals surface area contributed by atoms with Crippen molar-refractivity contribution in [1.29, 1.82) is 0 Å². The molecule has 38 heavy (non-hydrogen) atoms. The normalized spacial score (nSPS) is 14.5. The van der Waals surface area contributed by atoms with E-state index >= 15 is 0 Å². The van der Waals surface area contributed by atoms with E-state index in [1.165, 1.54) is 48.5 Å². The monoisotopic (exact) mass is 547 g/mol. The van der Waals surface area contributed by atoms with Gasteiger partial charge in [0.25, 0.3) is 5.56 Å². The van der Waals surface area contributed by atoms with Crippen molar-refractivity contribution in [2.45, 2.75) is 31.3 Å². The molecular weight excluding hydrogens is 529 g/mol. The van der Waals surface area contributed by atoms with E-state index in [2.05, 4.69) is 15.1 Å². The largest absolute Gasteiger partial charge is 0.417 e. The highest BCUT2D eigenvalue weighted by Crippen LogP contribution is 2.41. The molecule has 2 aromatic carbocycles. The summed E-state index contributed by atoms with van der Waals surface area (Å²) in [5.41, 5.74) is -3.86. The van der Waals surface area contributed by atoms with Crippen LogP contribution in [0.2, 0.25) is 0 Å². The smallest absolute Gasteiger partial charge is 0.381 e. The molecule has 0 amide bonds. The minimum Gasteiger partial charge on any atom is -0.381 e. The first-order chi connectivity index (χ1) is 18.0. The van der Waals surface area contributed by atoms with Gasteiger partial charge in [-0.2, -0.15) is 18.3 Å². The Morgan fingerprint density at radius 2 is 1.82 bits per heavy atom. The predicted molar refractivity (Wildman–Crippen MR) is 129 cm³/mol. The SMILES string of the molecule is CC(n1cnc2cc(-c3ccccc3C(F)(F)F)sc2c1=O)C(O)(Cn1cncn1)c1ccc(F)cc1F. The van der Waals surface area contributed by atoms with Gasteiger partial charge >= 0.3 is 6.18 Å². The average molecular weight is 548 g/mol. The number of alkyl halides is 3. The van der Waals surface area contributed by atoms with Crippen molar-refractivity contribution in [2.24, 2.45) is 0 Å². The fraction of sp³-hybridized carbons (Fsp3) is 0.200. The van der Waals surface area contributed by atoms with Crippen LogP contribution in [-0.2, 0) is 18.3 Å². The Labute approximate surface area is 215 Å². The van der Waals surface area contributed by atoms with Crippen molar-refractivity contribution in [3.05, 3.63) is 101 Å². The molecule has 3 heterocycles. The van der Waals surface area contributed by atoms with Crippen LogP contribution in [-0.4, -0.2) is 29.4 Å². The van der Waals surface area contributed by atoms with Gasteiger partial charge in [0, 0.05) is 22.1 Å². The third-order valence-corrected chi connectivity index (χ3v) is 7.48. The topological polar surface area (TPSA) is 85.8 Å². The Bertz CT molecular complexity index is 1680. The number of rotatable bonds is 6. The van der Waals surface area contributed by atoms with Crippen LogP contribution in [0.1, 0.15) is 24.1 Å². The van der Waals surface area contributed by atoms with E-state index in [9.17, 15) is 31.9 Å². The molecule has 13 heteroatoms. The maximum atomic E-state index is 14.9. The zero-order valence-electron chi connectivity index (χ0n) is 19.5. The van der Waals surface area contributed by atoms with Gasteiger partial charge in [-0.05, 0) is 25.1 Å². The molecule has 2 atom stereocenters. The first-order valence-electron chi connectivity index (χ1n) is 11.2. The summed E-state index contributed by atoms with van der Waals surface area (Å²) >= 11 is 0.827. The molecule has 0 radical (unpaired) electrons. The molecule has 0 spiro atoms. The minimum absolute atomic E-state index is 0.0500. The molecule has 3 aromatic heterocycles. The summed E-state index contributed by atoms with van der Waals surface area (Å²) in [4.78, 5) is 21.8. The standard InChI is InChI=1S/C25H18F5N5O2S/c1-14(24(37,10-34-12-31-11-33-34)18-7-6-15(26)8-19(18)27)35-13-32-20-9-21(38-22(20)23(35)36)16-4-2-3-5-17(16)25(28,29)30/h2-9,11-14,37H,10H2,1H3. The van der Waals surface area contributed by atoms with Crippen LogP contribution >= 0.6 is 11.3 Å². The van der Waals surface area contributed by atoms with Crippen molar-refractivity contribution >= 4 is 21.6 Å². The second-order valence-corrected chi connectivity index (χ2v) is 9.70. The van der Waals surface area contributed by atoms with E-state index in [4.69, 9.17) is 0 Å². The number of hydrogen-bond donors (Lipinski definition) is 1. The van der Waals surface area contributed by atoms with Gasteiger partial charge in [0.2, 0.25) is 0 Å². The quantitative estimate of drug-likeness (QED) is 0.297. The molecule has 0 bridgehead atoms. The Hall–Kier alpha value is -3.97. The van der Waals surface area contributed by atoms with Crippen LogP contribution in [0, 0.1) is 11.6 Å². The number of aromatic nitrogens is 5. The van der Waals surface area contributed by atoms with Gasteiger partial charge < -0.3 is 5.11 Å². The molecule has 196 valence electrons. The molecule has 0 saturated heterocycles. The molecular formula is C25H18F5N5O2S. The number of benzene rings is 2. The fourth-order valence-corrected chi connectivity index (χ4v) is 5.44. The second kappa shape index (κ2) is 9.40. The number of nitrogens with zero attached hydrogens (tertiary/aromatic N) is 5. The second-order valence-electron chi connectivity index (χ2n) is 8.64. The van der Waals surface area contributed by atoms with E-state index < -0.39 is 40.6 Å². The highest BCUT2D eigenvalue weighted by molar-refractivity contribution is 7.22. The Balaban J connectivity index is 1.63. The van der Waals surface area contributed by atoms with Crippen LogP contribution in [0.25, 0.3) is 20.7 Å². The van der Waals surface area contributed by atoms with Crippen LogP contribution in [0.5, 0.6) is 0 Å². The minimum atomic E-state index is -4.61. The van der Waals surface area contributed by atoms with Gasteiger partial charge in [-0.25, -0.2) is 23.4 Å². The lowest BCUT2D eigenvalue weighted by atomic mass is 9.86. The number of thiophene rings is 1. The summed E-state index contributed by atoms with van der Waals surface area (Å²) in [6.45, 7) is 1.10. The predicted octanol–water partition coefficient (Wildman–Crippen LogP) is 5.16. The number of fused-ring (bicyclic) bond motifs is 1. The molecule has 5 aromatic rings. The van der Waals surface area contributed by atoms with E-state index in [-0.39, 0.29) is 32.8 Å². The van der Waals surface area contributed by atoms with Crippen LogP contribution in [0.15, 0.2) is 72.3 Å².